The van der Waals surface area contributed by atoms with Crippen LogP contribution in [-0.4, -0.2) is 154 Å². The SMILES string of the molecule is CCC(C)(C)C(=O)C(=O)N1CCCC[C@H]1C(=O)O[C@H](CCc1ccc(OC)c(OC)c1)c1cccc(C(C)(C)CCC(C)(C)N(C)CC[C@@H](O)[C@@H]2C[C@H](SC3=C(C(=O)O)N4C(=O)[C@H]([C@@H](C)O)[C@H]4[C@H]3C)CN2C)c1. The number of Topliss-reactive ketones (excluding diaryl/α,β-unsaturated/α-hetero) is 1. The van der Waals surface area contributed by atoms with Crippen LogP contribution >= 0.6 is 11.8 Å². The van der Waals surface area contributed by atoms with E-state index in [1.807, 2.05) is 51.2 Å². The van der Waals surface area contributed by atoms with Crippen LogP contribution in [0.1, 0.15) is 143 Å². The Morgan fingerprint density at radius 3 is 2.29 bits per heavy atom. The number of aliphatic hydroxyl groups excluding tert-OH is 2. The van der Waals surface area contributed by atoms with E-state index >= 15 is 0 Å². The smallest absolute Gasteiger partial charge is 0.353 e. The van der Waals surface area contributed by atoms with E-state index in [4.69, 9.17) is 14.2 Å². The maximum atomic E-state index is 14.3. The maximum absolute atomic E-state index is 14.3. The second-order valence-corrected chi connectivity index (χ2v) is 24.4. The molecular formula is C57H84N4O11S. The van der Waals surface area contributed by atoms with Gasteiger partial charge in [0.25, 0.3) is 5.91 Å². The van der Waals surface area contributed by atoms with E-state index in [9.17, 15) is 39.3 Å². The molecule has 3 fully saturated rings. The molecule has 3 N–H and O–H groups in total. The number of aryl methyl sites for hydroxylation is 1. The number of ether oxygens (including phenoxy) is 3. The summed E-state index contributed by atoms with van der Waals surface area (Å²) in [6.45, 7) is 19.5. The fourth-order valence-electron chi connectivity index (χ4n) is 11.2. The zero-order valence-electron chi connectivity index (χ0n) is 45.7. The fourth-order valence-corrected chi connectivity index (χ4v) is 12.8. The van der Waals surface area contributed by atoms with E-state index in [0.717, 1.165) is 36.0 Å². The van der Waals surface area contributed by atoms with Crippen LogP contribution in [0, 0.1) is 17.3 Å². The molecule has 9 atom stereocenters. The van der Waals surface area contributed by atoms with Gasteiger partial charge in [-0.2, -0.15) is 0 Å². The topological polar surface area (TPSA) is 187 Å². The predicted octanol–water partition coefficient (Wildman–Crippen LogP) is 7.79. The van der Waals surface area contributed by atoms with Gasteiger partial charge in [0.05, 0.1) is 38.4 Å². The van der Waals surface area contributed by atoms with Gasteiger partial charge in [-0.3, -0.25) is 19.3 Å². The minimum Gasteiger partial charge on any atom is -0.493 e. The normalized spacial score (nSPS) is 24.0. The minimum absolute atomic E-state index is 0.0341. The van der Waals surface area contributed by atoms with Gasteiger partial charge in [-0.1, -0.05) is 71.9 Å². The van der Waals surface area contributed by atoms with Gasteiger partial charge >= 0.3 is 11.9 Å². The molecule has 0 spiro atoms. The summed E-state index contributed by atoms with van der Waals surface area (Å²) in [5.41, 5.74) is 1.62. The Morgan fingerprint density at radius 1 is 0.945 bits per heavy atom. The van der Waals surface area contributed by atoms with E-state index in [1.165, 1.54) is 21.6 Å². The Hall–Kier alpha value is -4.48. The Balaban J connectivity index is 1.10. The van der Waals surface area contributed by atoms with Crippen molar-refractivity contribution in [2.75, 3.05) is 47.9 Å². The number of aliphatic hydroxyl groups is 2. The number of ketones is 1. The van der Waals surface area contributed by atoms with Crippen LogP contribution in [-0.2, 0) is 40.5 Å². The van der Waals surface area contributed by atoms with E-state index < -0.39 is 59.3 Å². The number of thioether (sulfide) groups is 1. The van der Waals surface area contributed by atoms with Gasteiger partial charge in [0, 0.05) is 52.7 Å². The van der Waals surface area contributed by atoms with Crippen LogP contribution in [0.2, 0.25) is 0 Å². The maximum Gasteiger partial charge on any atom is 0.353 e. The highest BCUT2D eigenvalue weighted by molar-refractivity contribution is 8.03. The number of carbonyl (C=O) groups is 5. The van der Waals surface area contributed by atoms with Crippen molar-refractivity contribution < 1.29 is 53.5 Å². The summed E-state index contributed by atoms with van der Waals surface area (Å²) >= 11 is 1.51. The molecule has 0 aliphatic carbocycles. The van der Waals surface area contributed by atoms with Crippen molar-refractivity contribution in [3.63, 3.8) is 0 Å². The van der Waals surface area contributed by atoms with Crippen molar-refractivity contribution in [3.8, 4) is 11.5 Å². The number of carboxylic acid groups (broad SMARTS) is 1. The van der Waals surface area contributed by atoms with E-state index in [2.05, 4.69) is 56.7 Å². The number of nitrogens with zero attached hydrogens (tertiary/aromatic N) is 4. The monoisotopic (exact) mass is 1030 g/mol. The lowest BCUT2D eigenvalue weighted by Gasteiger charge is -2.46. The van der Waals surface area contributed by atoms with Gasteiger partial charge in [0.15, 0.2) is 11.5 Å². The van der Waals surface area contributed by atoms with Gasteiger partial charge in [0.1, 0.15) is 17.8 Å². The highest BCUT2D eigenvalue weighted by Crippen LogP contribution is 2.52. The van der Waals surface area contributed by atoms with Crippen molar-refractivity contribution in [1.29, 1.82) is 0 Å². The number of hydrogen-bond donors (Lipinski definition) is 3. The molecule has 15 nitrogen and oxygen atoms in total. The summed E-state index contributed by atoms with van der Waals surface area (Å²) in [5, 5.41) is 32.1. The molecule has 6 rings (SSSR count). The first-order valence-corrected chi connectivity index (χ1v) is 27.3. The number of aliphatic carboxylic acids is 1. The Kier molecular flexibility index (Phi) is 18.7. The zero-order valence-corrected chi connectivity index (χ0v) is 46.6. The molecule has 2 aromatic carbocycles. The fraction of sp³-hybridized carbons (Fsp3) is 0.667. The van der Waals surface area contributed by atoms with E-state index in [-0.39, 0.29) is 45.8 Å². The second-order valence-electron chi connectivity index (χ2n) is 23.1. The molecule has 0 unspecified atom stereocenters. The van der Waals surface area contributed by atoms with Crippen LogP contribution < -0.4 is 9.47 Å². The number of rotatable bonds is 24. The number of likely N-dealkylation sites (tertiary alicyclic amines) is 2. The van der Waals surface area contributed by atoms with Crippen LogP contribution in [0.3, 0.4) is 0 Å². The molecule has 0 bridgehead atoms. The molecule has 3 saturated heterocycles. The molecule has 4 heterocycles. The number of β-lactam (4-membered cyclic amide) rings is 1. The summed E-state index contributed by atoms with van der Waals surface area (Å²) in [7, 11) is 7.29. The molecular weight excluding hydrogens is 949 g/mol. The van der Waals surface area contributed by atoms with Crippen molar-refractivity contribution in [2.45, 2.75) is 179 Å². The van der Waals surface area contributed by atoms with Gasteiger partial charge in [-0.15, -0.1) is 11.8 Å². The highest BCUT2D eigenvalue weighted by Gasteiger charge is 2.60. The Labute approximate surface area is 438 Å². The summed E-state index contributed by atoms with van der Waals surface area (Å²) in [6.07, 6.45) is 4.22. The van der Waals surface area contributed by atoms with Gasteiger partial charge in [-0.05, 0) is 133 Å². The highest BCUT2D eigenvalue weighted by atomic mass is 32.2. The second kappa shape index (κ2) is 23.6. The van der Waals surface area contributed by atoms with Crippen LogP contribution in [0.25, 0.3) is 0 Å². The number of piperidine rings is 1. The van der Waals surface area contributed by atoms with Crippen molar-refractivity contribution >= 4 is 41.3 Å². The molecule has 404 valence electrons. The number of methoxy groups -OCH3 is 2. The third-order valence-electron chi connectivity index (χ3n) is 16.9. The molecule has 4 aliphatic heterocycles. The summed E-state index contributed by atoms with van der Waals surface area (Å²) in [4.78, 5) is 74.7. The molecule has 2 aromatic rings. The Morgan fingerprint density at radius 2 is 1.64 bits per heavy atom. The minimum atomic E-state index is -1.13. The van der Waals surface area contributed by atoms with Gasteiger partial charge in [-0.25, -0.2) is 9.59 Å². The summed E-state index contributed by atoms with van der Waals surface area (Å²) in [6, 6.07) is 12.7. The number of likely N-dealkylation sites (N-methyl/N-ethyl adjacent to an activating group) is 1. The first kappa shape index (κ1) is 57.8. The first-order chi connectivity index (χ1) is 34.3. The van der Waals surface area contributed by atoms with Crippen LogP contribution in [0.4, 0.5) is 0 Å². The lowest BCUT2D eigenvalue weighted by molar-refractivity contribution is -0.164. The van der Waals surface area contributed by atoms with Crippen LogP contribution in [0.5, 0.6) is 11.5 Å². The van der Waals surface area contributed by atoms with E-state index in [1.54, 1.807) is 35.0 Å². The van der Waals surface area contributed by atoms with Crippen molar-refractivity contribution in [3.05, 3.63) is 69.8 Å². The molecule has 73 heavy (non-hydrogen) atoms. The third kappa shape index (κ3) is 12.6. The lowest BCUT2D eigenvalue weighted by atomic mass is 9.76. The average Bonchev–Trinajstić information content (AvgIpc) is 3.85. The number of hydrogen-bond acceptors (Lipinski definition) is 13. The number of carbonyl (C=O) groups excluding carboxylic acids is 4. The van der Waals surface area contributed by atoms with Crippen molar-refractivity contribution in [1.82, 2.24) is 19.6 Å². The van der Waals surface area contributed by atoms with Gasteiger partial charge in [0.2, 0.25) is 11.7 Å². The van der Waals surface area contributed by atoms with E-state index in [0.29, 0.717) is 81.0 Å². The summed E-state index contributed by atoms with van der Waals surface area (Å²) in [5.74, 6) is -2.68. The van der Waals surface area contributed by atoms with Crippen LogP contribution in [0.15, 0.2) is 53.1 Å². The average molecular weight is 1030 g/mol. The molecule has 16 heteroatoms. The molecule has 0 saturated carbocycles. The van der Waals surface area contributed by atoms with Gasteiger partial charge < -0.3 is 44.2 Å². The standard InChI is InChI=1S/C57H84N4O11S/c1-14-55(4,5)50(64)52(66)60-28-16-15-20-40(60)54(69)72-43(23-21-36-22-24-44(70-12)45(30-36)71-13)37-18-17-19-38(31-37)56(6,7)26-27-57(8,9)59(11)29-25-42(63)41-32-39(33-58(41)10)73-49-34(2)47-46(35(3)62)51(65)61(47)48(49)53(67)68/h17-19,22,24,30-31,34-35,39-43,46-47,62-63H,14-16,20-21,23,25-29,32-33H2,1-13H3,(H,67,68)/t34-,35-,39+,40+,41+,42-,43-,46-,47-/m1/s1. The number of carboxylic acids is 1. The lowest BCUT2D eigenvalue weighted by Crippen LogP contribution is -2.63. The quantitative estimate of drug-likeness (QED) is 0.0526. The summed E-state index contributed by atoms with van der Waals surface area (Å²) < 4.78 is 17.5. The van der Waals surface area contributed by atoms with Crippen molar-refractivity contribution in [2.24, 2.45) is 17.3 Å². The number of fused-ring (bicyclic) bond motifs is 1. The number of amides is 2. The molecule has 0 aromatic heterocycles. The predicted molar refractivity (Wildman–Crippen MR) is 283 cm³/mol. The molecule has 4 aliphatic rings. The third-order valence-corrected chi connectivity index (χ3v) is 18.4. The molecule has 2 amide bonds. The first-order valence-electron chi connectivity index (χ1n) is 26.4. The zero-order chi connectivity index (χ0) is 53.9. The number of benzene rings is 2. The molecule has 0 radical (unpaired) electrons. The largest absolute Gasteiger partial charge is 0.493 e. The number of esters is 1. The Bertz CT molecular complexity index is 2370.